The van der Waals surface area contributed by atoms with Crippen molar-refractivity contribution >= 4 is 0 Å². The van der Waals surface area contributed by atoms with Gasteiger partial charge in [0.15, 0.2) is 0 Å². The quantitative estimate of drug-likeness (QED) is 0.868. The van der Waals surface area contributed by atoms with Gasteiger partial charge in [-0.25, -0.2) is 0 Å². The molecule has 2 rings (SSSR count). The molecule has 1 aliphatic heterocycles. The molecule has 0 aromatic heterocycles. The molecule has 0 bridgehead atoms. The van der Waals surface area contributed by atoms with Crippen molar-refractivity contribution in [2.75, 3.05) is 32.7 Å². The van der Waals surface area contributed by atoms with Crippen LogP contribution in [0.15, 0.2) is 24.3 Å². The van der Waals surface area contributed by atoms with E-state index in [2.05, 4.69) is 15.0 Å². The second kappa shape index (κ2) is 6.66. The summed E-state index contributed by atoms with van der Waals surface area (Å²) in [7, 11) is 0. The lowest BCUT2D eigenvalue weighted by Crippen LogP contribution is -2.44. The molecule has 1 heterocycles. The number of benzene rings is 1. The van der Waals surface area contributed by atoms with Gasteiger partial charge >= 0.3 is 6.61 Å². The Bertz CT molecular complexity index is 351. The predicted molar refractivity (Wildman–Crippen MR) is 66.1 cm³/mol. The van der Waals surface area contributed by atoms with E-state index in [4.69, 9.17) is 0 Å². The highest BCUT2D eigenvalue weighted by Gasteiger charge is 2.09. The molecule has 0 unspecified atom stereocenters. The second-order valence-electron chi connectivity index (χ2n) is 4.36. The van der Waals surface area contributed by atoms with Gasteiger partial charge in [-0.2, -0.15) is 8.78 Å². The number of ether oxygens (including phenoxy) is 1. The van der Waals surface area contributed by atoms with Gasteiger partial charge in [0.25, 0.3) is 0 Å². The van der Waals surface area contributed by atoms with E-state index >= 15 is 0 Å². The Labute approximate surface area is 106 Å². The van der Waals surface area contributed by atoms with Crippen LogP contribution in [-0.4, -0.2) is 44.2 Å². The summed E-state index contributed by atoms with van der Waals surface area (Å²) in [4.78, 5) is 2.40. The van der Waals surface area contributed by atoms with Gasteiger partial charge in [-0.15, -0.1) is 0 Å². The minimum absolute atomic E-state index is 0.218. The predicted octanol–water partition coefficient (Wildman–Crippen LogP) is 1.74. The lowest BCUT2D eigenvalue weighted by atomic mass is 10.1. The van der Waals surface area contributed by atoms with E-state index in [1.807, 2.05) is 12.1 Å². The zero-order valence-corrected chi connectivity index (χ0v) is 10.2. The van der Waals surface area contributed by atoms with Gasteiger partial charge in [-0.05, 0) is 24.1 Å². The summed E-state index contributed by atoms with van der Waals surface area (Å²) in [6.07, 6.45) is 0.939. The number of alkyl halides is 2. The fraction of sp³-hybridized carbons (Fsp3) is 0.538. The van der Waals surface area contributed by atoms with Crippen molar-refractivity contribution in [3.8, 4) is 5.75 Å². The summed E-state index contributed by atoms with van der Waals surface area (Å²) >= 11 is 0. The van der Waals surface area contributed by atoms with Crippen molar-refractivity contribution in [2.24, 2.45) is 0 Å². The third-order valence-electron chi connectivity index (χ3n) is 3.07. The van der Waals surface area contributed by atoms with E-state index in [0.29, 0.717) is 0 Å². The Kier molecular flexibility index (Phi) is 4.90. The fourth-order valence-corrected chi connectivity index (χ4v) is 2.06. The van der Waals surface area contributed by atoms with Gasteiger partial charge < -0.3 is 15.0 Å². The maximum atomic E-state index is 12.0. The number of nitrogens with one attached hydrogen (secondary N) is 1. The molecule has 0 atom stereocenters. The normalized spacial score (nSPS) is 17.1. The minimum Gasteiger partial charge on any atom is -0.435 e. The van der Waals surface area contributed by atoms with E-state index < -0.39 is 6.61 Å². The van der Waals surface area contributed by atoms with E-state index in [1.165, 1.54) is 0 Å². The van der Waals surface area contributed by atoms with Gasteiger partial charge in [0.2, 0.25) is 0 Å². The molecular formula is C13H18F2N2O. The molecule has 0 amide bonds. The number of halogens is 2. The number of hydrogen-bond donors (Lipinski definition) is 1. The number of piperazine rings is 1. The molecule has 0 spiro atoms. The van der Waals surface area contributed by atoms with Gasteiger partial charge in [0.05, 0.1) is 0 Å². The van der Waals surface area contributed by atoms with Gasteiger partial charge in [-0.3, -0.25) is 0 Å². The summed E-state index contributed by atoms with van der Waals surface area (Å²) in [5.74, 6) is 0.218. The highest BCUT2D eigenvalue weighted by molar-refractivity contribution is 5.27. The highest BCUT2D eigenvalue weighted by Crippen LogP contribution is 2.15. The smallest absolute Gasteiger partial charge is 0.387 e. The van der Waals surface area contributed by atoms with Crippen molar-refractivity contribution in [3.05, 3.63) is 29.8 Å². The third kappa shape index (κ3) is 4.23. The van der Waals surface area contributed by atoms with E-state index in [-0.39, 0.29) is 5.75 Å². The zero-order chi connectivity index (χ0) is 12.8. The molecule has 1 fully saturated rings. The maximum Gasteiger partial charge on any atom is 0.387 e. The molecule has 1 saturated heterocycles. The summed E-state index contributed by atoms with van der Waals surface area (Å²) in [5.41, 5.74) is 1.15. The van der Waals surface area contributed by atoms with Gasteiger partial charge in [0.1, 0.15) is 5.75 Å². The molecule has 1 N–H and O–H groups in total. The monoisotopic (exact) mass is 256 g/mol. The van der Waals surface area contributed by atoms with Crippen LogP contribution in [-0.2, 0) is 6.42 Å². The van der Waals surface area contributed by atoms with Gasteiger partial charge in [-0.1, -0.05) is 12.1 Å². The van der Waals surface area contributed by atoms with Crippen molar-refractivity contribution in [2.45, 2.75) is 13.0 Å². The Morgan fingerprint density at radius 2 is 1.83 bits per heavy atom. The SMILES string of the molecule is FC(F)Oc1ccc(CCN2CCNCC2)cc1. The largest absolute Gasteiger partial charge is 0.435 e. The number of nitrogens with zero attached hydrogens (tertiary/aromatic N) is 1. The van der Waals surface area contributed by atoms with E-state index in [0.717, 1.165) is 44.7 Å². The molecule has 100 valence electrons. The molecule has 0 aliphatic carbocycles. The maximum absolute atomic E-state index is 12.0. The topological polar surface area (TPSA) is 24.5 Å². The Hall–Kier alpha value is -1.20. The Morgan fingerprint density at radius 3 is 2.44 bits per heavy atom. The summed E-state index contributed by atoms with van der Waals surface area (Å²) in [6.45, 7) is 2.50. The van der Waals surface area contributed by atoms with Crippen LogP contribution in [0.1, 0.15) is 5.56 Å². The van der Waals surface area contributed by atoms with Crippen LogP contribution in [0.2, 0.25) is 0 Å². The van der Waals surface area contributed by atoms with Crippen molar-refractivity contribution in [1.29, 1.82) is 0 Å². The minimum atomic E-state index is -2.75. The highest BCUT2D eigenvalue weighted by atomic mass is 19.3. The van der Waals surface area contributed by atoms with Crippen LogP contribution >= 0.6 is 0 Å². The standard InChI is InChI=1S/C13H18F2N2O/c14-13(15)18-12-3-1-11(2-4-12)5-8-17-9-6-16-7-10-17/h1-4,13,16H,5-10H2. The van der Waals surface area contributed by atoms with Crippen LogP contribution in [0.3, 0.4) is 0 Å². The van der Waals surface area contributed by atoms with E-state index in [9.17, 15) is 8.78 Å². The van der Waals surface area contributed by atoms with Crippen molar-refractivity contribution in [1.82, 2.24) is 10.2 Å². The van der Waals surface area contributed by atoms with Gasteiger partial charge in [0, 0.05) is 32.7 Å². The molecule has 18 heavy (non-hydrogen) atoms. The second-order valence-corrected chi connectivity index (χ2v) is 4.36. The lowest BCUT2D eigenvalue weighted by Gasteiger charge is -2.27. The van der Waals surface area contributed by atoms with Crippen molar-refractivity contribution in [3.63, 3.8) is 0 Å². The summed E-state index contributed by atoms with van der Waals surface area (Å²) in [6, 6.07) is 6.89. The summed E-state index contributed by atoms with van der Waals surface area (Å²) < 4.78 is 28.3. The average molecular weight is 256 g/mol. The van der Waals surface area contributed by atoms with Crippen LogP contribution in [0, 0.1) is 0 Å². The molecule has 1 aliphatic rings. The van der Waals surface area contributed by atoms with E-state index in [1.54, 1.807) is 12.1 Å². The first-order valence-corrected chi connectivity index (χ1v) is 6.21. The first-order valence-electron chi connectivity index (χ1n) is 6.21. The first-order chi connectivity index (χ1) is 8.74. The van der Waals surface area contributed by atoms with Crippen LogP contribution in [0.5, 0.6) is 5.75 Å². The third-order valence-corrected chi connectivity index (χ3v) is 3.07. The zero-order valence-electron chi connectivity index (χ0n) is 10.2. The number of hydrogen-bond acceptors (Lipinski definition) is 3. The van der Waals surface area contributed by atoms with Crippen LogP contribution < -0.4 is 10.1 Å². The first kappa shape index (κ1) is 13.2. The molecule has 3 nitrogen and oxygen atoms in total. The molecule has 0 saturated carbocycles. The number of rotatable bonds is 5. The Morgan fingerprint density at radius 1 is 1.17 bits per heavy atom. The fourth-order valence-electron chi connectivity index (χ4n) is 2.06. The molecular weight excluding hydrogens is 238 g/mol. The molecule has 1 aromatic rings. The molecule has 1 aromatic carbocycles. The van der Waals surface area contributed by atoms with Crippen LogP contribution in [0.4, 0.5) is 8.78 Å². The van der Waals surface area contributed by atoms with Crippen molar-refractivity contribution < 1.29 is 13.5 Å². The summed E-state index contributed by atoms with van der Waals surface area (Å²) in [5, 5.41) is 3.31. The lowest BCUT2D eigenvalue weighted by molar-refractivity contribution is -0.0498. The Balaban J connectivity index is 1.78. The molecule has 0 radical (unpaired) electrons. The average Bonchev–Trinajstić information content (AvgIpc) is 2.38. The van der Waals surface area contributed by atoms with Crippen LogP contribution in [0.25, 0.3) is 0 Å². The molecule has 5 heteroatoms.